The third kappa shape index (κ3) is 3.56. The summed E-state index contributed by atoms with van der Waals surface area (Å²) in [4.78, 5) is 19.2. The Hall–Kier alpha value is -3.34. The van der Waals surface area contributed by atoms with Crippen LogP contribution in [-0.4, -0.2) is 29.5 Å². The Balaban J connectivity index is 1.67. The Kier molecular flexibility index (Phi) is 4.98. The van der Waals surface area contributed by atoms with E-state index < -0.39 is 0 Å². The maximum absolute atomic E-state index is 12.6. The van der Waals surface area contributed by atoms with Gasteiger partial charge in [-0.3, -0.25) is 4.79 Å². The Morgan fingerprint density at radius 1 is 1.07 bits per heavy atom. The molecule has 0 spiro atoms. The first-order valence-corrected chi connectivity index (χ1v) is 9.24. The van der Waals surface area contributed by atoms with E-state index in [1.54, 1.807) is 12.0 Å². The maximum atomic E-state index is 12.6. The van der Waals surface area contributed by atoms with Crippen LogP contribution < -0.4 is 9.47 Å². The van der Waals surface area contributed by atoms with E-state index in [0.717, 1.165) is 33.8 Å². The van der Waals surface area contributed by atoms with Gasteiger partial charge in [0.25, 0.3) is 5.91 Å². The lowest BCUT2D eigenvalue weighted by atomic mass is 10.1. The second-order valence-corrected chi connectivity index (χ2v) is 6.81. The summed E-state index contributed by atoms with van der Waals surface area (Å²) in [7, 11) is 1.65. The van der Waals surface area contributed by atoms with E-state index in [9.17, 15) is 4.79 Å². The van der Waals surface area contributed by atoms with Crippen LogP contribution in [0.15, 0.2) is 60.7 Å². The van der Waals surface area contributed by atoms with Gasteiger partial charge < -0.3 is 14.4 Å². The second-order valence-electron chi connectivity index (χ2n) is 6.81. The molecule has 0 aliphatic carbocycles. The number of hydrogen-bond acceptors (Lipinski definition) is 4. The highest BCUT2D eigenvalue weighted by atomic mass is 16.5. The molecule has 0 unspecified atom stereocenters. The van der Waals surface area contributed by atoms with Crippen LogP contribution in [0.3, 0.4) is 0 Å². The monoisotopic (exact) mass is 374 g/mol. The topological polar surface area (TPSA) is 51.7 Å². The summed E-state index contributed by atoms with van der Waals surface area (Å²) in [5.74, 6) is 1.37. The van der Waals surface area contributed by atoms with Crippen LogP contribution in [0.25, 0.3) is 11.3 Å². The van der Waals surface area contributed by atoms with Crippen LogP contribution in [0.5, 0.6) is 11.5 Å². The van der Waals surface area contributed by atoms with E-state index in [4.69, 9.17) is 14.5 Å². The summed E-state index contributed by atoms with van der Waals surface area (Å²) in [6, 6.07) is 19.7. The molecule has 0 N–H and O–H groups in total. The normalized spacial score (nSPS) is 13.5. The van der Waals surface area contributed by atoms with E-state index in [-0.39, 0.29) is 12.5 Å². The maximum Gasteiger partial charge on any atom is 0.261 e. The minimum atomic E-state index is -0.0416. The first kappa shape index (κ1) is 18.0. The number of carbonyl (C=O) groups is 1. The molecule has 0 fully saturated rings. The SMILES string of the molecule is COc1ccccc1-c1ccc2c(n1)CN(Cc1ccccc1C)C(=O)CO2. The Bertz CT molecular complexity index is 1020. The highest BCUT2D eigenvalue weighted by molar-refractivity contribution is 5.78. The van der Waals surface area contributed by atoms with Crippen molar-refractivity contribution in [2.75, 3.05) is 13.7 Å². The van der Waals surface area contributed by atoms with E-state index >= 15 is 0 Å². The number of methoxy groups -OCH3 is 1. The summed E-state index contributed by atoms with van der Waals surface area (Å²) >= 11 is 0. The average molecular weight is 374 g/mol. The third-order valence-corrected chi connectivity index (χ3v) is 4.98. The predicted molar refractivity (Wildman–Crippen MR) is 107 cm³/mol. The van der Waals surface area contributed by atoms with E-state index in [2.05, 4.69) is 13.0 Å². The molecule has 142 valence electrons. The van der Waals surface area contributed by atoms with Crippen molar-refractivity contribution in [2.45, 2.75) is 20.0 Å². The molecule has 4 rings (SSSR count). The molecular weight excluding hydrogens is 352 g/mol. The van der Waals surface area contributed by atoms with Crippen LogP contribution in [0.1, 0.15) is 16.8 Å². The number of fused-ring (bicyclic) bond motifs is 1. The summed E-state index contributed by atoms with van der Waals surface area (Å²) in [5, 5.41) is 0. The van der Waals surface area contributed by atoms with Gasteiger partial charge in [0, 0.05) is 12.1 Å². The number of amides is 1. The highest BCUT2D eigenvalue weighted by Crippen LogP contribution is 2.31. The Morgan fingerprint density at radius 3 is 2.68 bits per heavy atom. The molecule has 5 heteroatoms. The molecule has 28 heavy (non-hydrogen) atoms. The van der Waals surface area contributed by atoms with Gasteiger partial charge in [0.2, 0.25) is 0 Å². The van der Waals surface area contributed by atoms with Gasteiger partial charge in [-0.25, -0.2) is 4.98 Å². The van der Waals surface area contributed by atoms with Gasteiger partial charge in [-0.2, -0.15) is 0 Å². The zero-order valence-corrected chi connectivity index (χ0v) is 16.0. The van der Waals surface area contributed by atoms with Gasteiger partial charge in [0.1, 0.15) is 17.2 Å². The fourth-order valence-electron chi connectivity index (χ4n) is 3.38. The summed E-state index contributed by atoms with van der Waals surface area (Å²) in [5.41, 5.74) is 4.75. The van der Waals surface area contributed by atoms with E-state index in [1.807, 2.05) is 54.6 Å². The largest absolute Gasteiger partial charge is 0.496 e. The molecule has 2 heterocycles. The Labute approximate surface area is 164 Å². The van der Waals surface area contributed by atoms with Gasteiger partial charge in [-0.1, -0.05) is 36.4 Å². The zero-order chi connectivity index (χ0) is 19.5. The molecule has 1 aromatic heterocycles. The molecule has 0 radical (unpaired) electrons. The van der Waals surface area contributed by atoms with Crippen molar-refractivity contribution in [1.29, 1.82) is 0 Å². The van der Waals surface area contributed by atoms with Crippen molar-refractivity contribution < 1.29 is 14.3 Å². The molecule has 0 bridgehead atoms. The summed E-state index contributed by atoms with van der Waals surface area (Å²) in [6.45, 7) is 3.02. The molecule has 2 aromatic carbocycles. The number of para-hydroxylation sites is 1. The molecule has 0 saturated carbocycles. The van der Waals surface area contributed by atoms with E-state index in [1.165, 1.54) is 0 Å². The number of aromatic nitrogens is 1. The standard InChI is InChI=1S/C23H22N2O3/c1-16-7-3-4-8-17(16)13-25-14-20-22(28-15-23(25)26)12-11-19(24-20)18-9-5-6-10-21(18)27-2/h3-12H,13-15H2,1-2H3. The van der Waals surface area contributed by atoms with Gasteiger partial charge in [0.05, 0.1) is 19.3 Å². The molecule has 1 aliphatic rings. The van der Waals surface area contributed by atoms with Crippen molar-refractivity contribution in [3.8, 4) is 22.8 Å². The smallest absolute Gasteiger partial charge is 0.261 e. The van der Waals surface area contributed by atoms with Gasteiger partial charge in [-0.15, -0.1) is 0 Å². The number of pyridine rings is 1. The number of benzene rings is 2. The van der Waals surface area contributed by atoms with Crippen LogP contribution in [0.2, 0.25) is 0 Å². The third-order valence-electron chi connectivity index (χ3n) is 4.98. The highest BCUT2D eigenvalue weighted by Gasteiger charge is 2.24. The van der Waals surface area contributed by atoms with E-state index in [0.29, 0.717) is 18.8 Å². The molecule has 1 aliphatic heterocycles. The predicted octanol–water partition coefficient (Wildman–Crippen LogP) is 3.99. The lowest BCUT2D eigenvalue weighted by Crippen LogP contribution is -2.32. The van der Waals surface area contributed by atoms with Gasteiger partial charge >= 0.3 is 0 Å². The molecule has 3 aromatic rings. The number of aryl methyl sites for hydroxylation is 1. The Morgan fingerprint density at radius 2 is 1.86 bits per heavy atom. The number of nitrogens with zero attached hydrogens (tertiary/aromatic N) is 2. The fraction of sp³-hybridized carbons (Fsp3) is 0.217. The van der Waals surface area contributed by atoms with Gasteiger partial charge in [0.15, 0.2) is 6.61 Å². The lowest BCUT2D eigenvalue weighted by Gasteiger charge is -2.21. The van der Waals surface area contributed by atoms with Crippen LogP contribution in [0, 0.1) is 6.92 Å². The first-order valence-electron chi connectivity index (χ1n) is 9.24. The van der Waals surface area contributed by atoms with Crippen molar-refractivity contribution in [1.82, 2.24) is 9.88 Å². The second kappa shape index (κ2) is 7.72. The molecular formula is C23H22N2O3. The minimum Gasteiger partial charge on any atom is -0.496 e. The van der Waals surface area contributed by atoms with Crippen molar-refractivity contribution in [3.05, 3.63) is 77.5 Å². The fourth-order valence-corrected chi connectivity index (χ4v) is 3.38. The first-order chi connectivity index (χ1) is 13.7. The number of rotatable bonds is 4. The van der Waals surface area contributed by atoms with Crippen LogP contribution >= 0.6 is 0 Å². The molecule has 0 saturated heterocycles. The summed E-state index contributed by atoms with van der Waals surface area (Å²) in [6.07, 6.45) is 0. The quantitative estimate of drug-likeness (QED) is 0.693. The van der Waals surface area contributed by atoms with Crippen molar-refractivity contribution >= 4 is 5.91 Å². The number of carbonyl (C=O) groups excluding carboxylic acids is 1. The number of ether oxygens (including phenoxy) is 2. The molecule has 1 amide bonds. The lowest BCUT2D eigenvalue weighted by molar-refractivity contribution is -0.133. The number of hydrogen-bond donors (Lipinski definition) is 0. The molecule has 0 atom stereocenters. The summed E-state index contributed by atoms with van der Waals surface area (Å²) < 4.78 is 11.2. The average Bonchev–Trinajstić information content (AvgIpc) is 2.88. The molecule has 5 nitrogen and oxygen atoms in total. The van der Waals surface area contributed by atoms with Crippen molar-refractivity contribution in [2.24, 2.45) is 0 Å². The van der Waals surface area contributed by atoms with Gasteiger partial charge in [-0.05, 0) is 42.3 Å². The zero-order valence-electron chi connectivity index (χ0n) is 16.0. The van der Waals surface area contributed by atoms with Crippen molar-refractivity contribution in [3.63, 3.8) is 0 Å². The minimum absolute atomic E-state index is 0.0224. The van der Waals surface area contributed by atoms with Crippen LogP contribution in [-0.2, 0) is 17.9 Å². The van der Waals surface area contributed by atoms with Crippen LogP contribution in [0.4, 0.5) is 0 Å².